The molecule has 286 valence electrons. The maximum atomic E-state index is 15.1. The van der Waals surface area contributed by atoms with Crippen molar-refractivity contribution in [2.75, 3.05) is 32.7 Å². The normalized spacial score (nSPS) is 37.6. The summed E-state index contributed by atoms with van der Waals surface area (Å²) in [7, 11) is 0. The zero-order valence-corrected chi connectivity index (χ0v) is 33.7. The summed E-state index contributed by atoms with van der Waals surface area (Å²) in [5, 5.41) is 26.1. The molecule has 2 unspecified atom stereocenters. The van der Waals surface area contributed by atoms with Gasteiger partial charge in [0.2, 0.25) is 0 Å². The zero-order chi connectivity index (χ0) is 37.8. The first kappa shape index (κ1) is 36.3. The summed E-state index contributed by atoms with van der Waals surface area (Å²) in [6.07, 6.45) is 12.9. The van der Waals surface area contributed by atoms with Crippen LogP contribution in [0.15, 0.2) is 109 Å². The first-order chi connectivity index (χ1) is 26.5. The minimum Gasteiger partial charge on any atom is -0.393 e. The quantitative estimate of drug-likeness (QED) is 0.145. The van der Waals surface area contributed by atoms with Gasteiger partial charge in [-0.25, -0.2) is 0 Å². The molecule has 1 aromatic heterocycles. The molecular weight excluding hydrogens is 720 g/mol. The van der Waals surface area contributed by atoms with Crippen LogP contribution in [0.3, 0.4) is 0 Å². The first-order valence-electron chi connectivity index (χ1n) is 20.6. The predicted molar refractivity (Wildman–Crippen MR) is 222 cm³/mol. The summed E-state index contributed by atoms with van der Waals surface area (Å²) in [6, 6.07) is 29.6. The van der Waals surface area contributed by atoms with Crippen LogP contribution in [0.2, 0.25) is 5.02 Å². The highest BCUT2D eigenvalue weighted by Gasteiger charge is 2.74. The number of thiophene rings is 1. The summed E-state index contributed by atoms with van der Waals surface area (Å²) >= 11 is 7.92. The highest BCUT2D eigenvalue weighted by Crippen LogP contribution is 2.78. The molecule has 9 atom stereocenters. The lowest BCUT2D eigenvalue weighted by atomic mass is 9.32. The highest BCUT2D eigenvalue weighted by molar-refractivity contribution is 7.21. The van der Waals surface area contributed by atoms with Gasteiger partial charge in [0.05, 0.1) is 22.6 Å². The molecule has 3 saturated carbocycles. The molecular formula is C48H53ClN2O3S. The van der Waals surface area contributed by atoms with Crippen LogP contribution in [-0.2, 0) is 0 Å². The van der Waals surface area contributed by atoms with Crippen molar-refractivity contribution in [1.29, 1.82) is 0 Å². The molecule has 2 spiro atoms. The number of allylic oxidation sites excluding steroid dienone is 4. The average molecular weight is 773 g/mol. The third kappa shape index (κ3) is 5.27. The van der Waals surface area contributed by atoms with E-state index < -0.39 is 11.0 Å². The largest absolute Gasteiger partial charge is 0.393 e. The fourth-order valence-corrected chi connectivity index (χ4v) is 14.4. The van der Waals surface area contributed by atoms with Gasteiger partial charge in [-0.05, 0) is 103 Å². The van der Waals surface area contributed by atoms with E-state index in [1.165, 1.54) is 11.1 Å². The summed E-state index contributed by atoms with van der Waals surface area (Å²) in [4.78, 5) is 21.0. The van der Waals surface area contributed by atoms with Gasteiger partial charge in [0, 0.05) is 64.3 Å². The number of rotatable bonds is 7. The van der Waals surface area contributed by atoms with Gasteiger partial charge in [-0.2, -0.15) is 0 Å². The Labute approximate surface area is 334 Å². The Kier molecular flexibility index (Phi) is 8.54. The summed E-state index contributed by atoms with van der Waals surface area (Å²) in [6.45, 7) is 9.11. The van der Waals surface area contributed by atoms with Crippen molar-refractivity contribution >= 4 is 38.8 Å². The van der Waals surface area contributed by atoms with E-state index in [-0.39, 0.29) is 40.1 Å². The molecule has 6 aliphatic carbocycles. The van der Waals surface area contributed by atoms with Gasteiger partial charge in [0.25, 0.3) is 0 Å². The van der Waals surface area contributed by atoms with E-state index in [0.717, 1.165) is 90.3 Å². The standard InChI is InChI=1S/C48H53ClN2O3S/c1-44-19-16-36(52)29-46(44)22-23-48(37(30-46)43(53)39-28-34-10-6-7-11-38(34)55-39)40(44)17-20-45(2)41(48)18-21-47(45,54)31-50-24-26-51(27-25-50)42(32-8-4-3-5-9-32)33-12-14-35(49)15-13-33/h3-15,22-23,28,30,36,40-42,52,54H,16-21,24-27,29,31H2,1-2H3/t36?,40-,41-,42?,44-,45+,46+,47-,48-/m1/s1. The molecule has 2 heterocycles. The van der Waals surface area contributed by atoms with E-state index in [1.54, 1.807) is 11.3 Å². The number of β-amino-alcohol motifs (C(OH)–C–C–N with tert-alkyl or cyclic N) is 1. The molecule has 11 rings (SSSR count). The molecule has 1 saturated heterocycles. The molecule has 2 N–H and O–H groups in total. The van der Waals surface area contributed by atoms with Crippen molar-refractivity contribution in [2.45, 2.75) is 76.5 Å². The Morgan fingerprint density at radius 2 is 1.51 bits per heavy atom. The van der Waals surface area contributed by atoms with E-state index in [4.69, 9.17) is 11.6 Å². The zero-order valence-electron chi connectivity index (χ0n) is 32.1. The van der Waals surface area contributed by atoms with Crippen molar-refractivity contribution in [2.24, 2.45) is 33.5 Å². The number of Topliss-reactive ketones (excluding diaryl/α,β-unsaturated/α-hetero) is 1. The molecule has 3 aromatic carbocycles. The molecule has 0 amide bonds. The van der Waals surface area contributed by atoms with Crippen molar-refractivity contribution in [3.63, 3.8) is 0 Å². The third-order valence-electron chi connectivity index (χ3n) is 16.2. The van der Waals surface area contributed by atoms with E-state index in [1.807, 2.05) is 24.3 Å². The van der Waals surface area contributed by atoms with Gasteiger partial charge in [-0.3, -0.25) is 14.6 Å². The number of fused-ring (bicyclic) bond motifs is 2. The molecule has 4 fully saturated rings. The second-order valence-electron chi connectivity index (χ2n) is 18.5. The molecule has 4 aromatic rings. The van der Waals surface area contributed by atoms with Crippen LogP contribution in [0.25, 0.3) is 10.1 Å². The van der Waals surface area contributed by atoms with Gasteiger partial charge in [-0.1, -0.05) is 104 Å². The highest BCUT2D eigenvalue weighted by atomic mass is 35.5. The third-order valence-corrected chi connectivity index (χ3v) is 17.5. The number of carbonyl (C=O) groups is 1. The first-order valence-corrected chi connectivity index (χ1v) is 21.8. The number of hydrogen-bond donors (Lipinski definition) is 2. The number of aliphatic hydroxyl groups excluding tert-OH is 1. The van der Waals surface area contributed by atoms with Gasteiger partial charge in [0.15, 0.2) is 5.78 Å². The number of aliphatic hydroxyl groups is 2. The lowest BCUT2D eigenvalue weighted by Crippen LogP contribution is -2.67. The minimum atomic E-state index is -0.857. The van der Waals surface area contributed by atoms with E-state index in [9.17, 15) is 10.2 Å². The van der Waals surface area contributed by atoms with Crippen LogP contribution in [0.1, 0.15) is 85.6 Å². The van der Waals surface area contributed by atoms with Crippen molar-refractivity contribution in [3.05, 3.63) is 130 Å². The van der Waals surface area contributed by atoms with Gasteiger partial charge in [0.1, 0.15) is 0 Å². The van der Waals surface area contributed by atoms with Gasteiger partial charge >= 0.3 is 0 Å². The molecule has 5 nitrogen and oxygen atoms in total. The number of piperazine rings is 1. The predicted octanol–water partition coefficient (Wildman–Crippen LogP) is 9.74. The summed E-state index contributed by atoms with van der Waals surface area (Å²) in [5.74, 6) is 0.601. The van der Waals surface area contributed by atoms with Crippen molar-refractivity contribution in [3.8, 4) is 0 Å². The van der Waals surface area contributed by atoms with Crippen LogP contribution in [-0.4, -0.2) is 70.2 Å². The summed E-state index contributed by atoms with van der Waals surface area (Å²) in [5.41, 5.74) is 1.47. The molecule has 1 aliphatic heterocycles. The molecule has 0 radical (unpaired) electrons. The second kappa shape index (κ2) is 13.0. The topological polar surface area (TPSA) is 64.0 Å². The fraction of sp³-hybridized carbons (Fsp3) is 0.479. The molecule has 7 heteroatoms. The Morgan fingerprint density at radius 1 is 0.836 bits per heavy atom. The number of ketones is 1. The Balaban J connectivity index is 0.956. The van der Waals surface area contributed by atoms with E-state index >= 15 is 4.79 Å². The van der Waals surface area contributed by atoms with Crippen LogP contribution in [0, 0.1) is 33.5 Å². The van der Waals surface area contributed by atoms with E-state index in [2.05, 4.69) is 103 Å². The van der Waals surface area contributed by atoms with Gasteiger partial charge in [-0.15, -0.1) is 11.3 Å². The Hall–Kier alpha value is -3.10. The molecule has 2 bridgehead atoms. The Morgan fingerprint density at radius 3 is 2.27 bits per heavy atom. The molecule has 55 heavy (non-hydrogen) atoms. The maximum Gasteiger partial charge on any atom is 0.199 e. The number of hydrogen-bond acceptors (Lipinski definition) is 6. The molecule has 7 aliphatic rings. The van der Waals surface area contributed by atoms with Crippen molar-refractivity contribution < 1.29 is 15.0 Å². The monoisotopic (exact) mass is 772 g/mol. The van der Waals surface area contributed by atoms with Crippen LogP contribution in [0.4, 0.5) is 0 Å². The smallest absolute Gasteiger partial charge is 0.199 e. The number of halogens is 1. The lowest BCUT2D eigenvalue weighted by molar-refractivity contribution is -0.177. The number of carbonyl (C=O) groups excluding carboxylic acids is 1. The van der Waals surface area contributed by atoms with Crippen molar-refractivity contribution in [1.82, 2.24) is 9.80 Å². The summed E-state index contributed by atoms with van der Waals surface area (Å²) < 4.78 is 1.14. The minimum absolute atomic E-state index is 0.0390. The Bertz CT molecular complexity index is 2160. The van der Waals surface area contributed by atoms with Crippen LogP contribution < -0.4 is 0 Å². The fourth-order valence-electron chi connectivity index (χ4n) is 13.3. The average Bonchev–Trinajstić information content (AvgIpc) is 3.75. The van der Waals surface area contributed by atoms with Crippen LogP contribution in [0.5, 0.6) is 0 Å². The van der Waals surface area contributed by atoms with E-state index in [0.29, 0.717) is 18.9 Å². The number of nitrogens with zero attached hydrogens (tertiary/aromatic N) is 2. The second-order valence-corrected chi connectivity index (χ2v) is 20.0. The van der Waals surface area contributed by atoms with Crippen LogP contribution >= 0.6 is 22.9 Å². The SMILES string of the molecule is C[C@]12CC[C@H]3[C@]4(C=C[C@@]5(C=C4C(=O)c4cc6ccccc6s4)CC(O)CC[C@]35C)[C@@H]1CC[C@@]2(O)CN1CCN(C(c2ccccc2)c2ccc(Cl)cc2)CC1. The lowest BCUT2D eigenvalue weighted by Gasteiger charge is -2.71. The number of benzene rings is 3. The van der Waals surface area contributed by atoms with Gasteiger partial charge < -0.3 is 10.2 Å². The maximum absolute atomic E-state index is 15.1.